The van der Waals surface area contributed by atoms with Crippen LogP contribution in [0.15, 0.2) is 39.6 Å². The number of carbonyl (C=O) groups excluding carboxylic acids is 1. The van der Waals surface area contributed by atoms with Gasteiger partial charge < -0.3 is 9.32 Å². The van der Waals surface area contributed by atoms with E-state index in [1.165, 1.54) is 0 Å². The molecule has 3 aromatic rings. The molecule has 1 aliphatic heterocycles. The van der Waals surface area contributed by atoms with Crippen molar-refractivity contribution < 1.29 is 17.6 Å². The average molecular weight is 441 g/mol. The van der Waals surface area contributed by atoms with Crippen molar-refractivity contribution >= 4 is 32.6 Å². The Morgan fingerprint density at radius 2 is 1.77 bits per heavy atom. The minimum absolute atomic E-state index is 0.0944. The van der Waals surface area contributed by atoms with Gasteiger partial charge in [0.25, 0.3) is 15.9 Å². The van der Waals surface area contributed by atoms with E-state index < -0.39 is 10.0 Å². The Morgan fingerprint density at radius 3 is 2.45 bits per heavy atom. The highest BCUT2D eigenvalue weighted by Gasteiger charge is 2.30. The number of rotatable bonds is 5. The van der Waals surface area contributed by atoms with Crippen LogP contribution in [-0.2, 0) is 16.4 Å². The molecule has 0 bridgehead atoms. The van der Waals surface area contributed by atoms with Crippen LogP contribution in [-0.4, -0.2) is 32.3 Å². The number of nitrogens with zero attached hydrogens (tertiary/aromatic N) is 1. The van der Waals surface area contributed by atoms with Gasteiger partial charge in [-0.15, -0.1) is 0 Å². The van der Waals surface area contributed by atoms with Crippen LogP contribution in [0.3, 0.4) is 0 Å². The van der Waals surface area contributed by atoms with Crippen LogP contribution in [0, 0.1) is 20.8 Å². The number of anilines is 1. The number of aryl methyl sites for hydroxylation is 3. The van der Waals surface area contributed by atoms with Crippen molar-refractivity contribution in [2.75, 3.05) is 17.8 Å². The smallest absolute Gasteiger partial charge is 0.289 e. The van der Waals surface area contributed by atoms with Crippen LogP contribution in [0.1, 0.15) is 52.6 Å². The number of sulfonamides is 1. The lowest BCUT2D eigenvalue weighted by atomic mass is 10.0. The topological polar surface area (TPSA) is 79.6 Å². The number of para-hydroxylation sites is 1. The molecule has 7 heteroatoms. The van der Waals surface area contributed by atoms with Crippen molar-refractivity contribution in [2.24, 2.45) is 0 Å². The van der Waals surface area contributed by atoms with Gasteiger partial charge in [-0.2, -0.15) is 0 Å². The Morgan fingerprint density at radius 1 is 1.10 bits per heavy atom. The Bertz CT molecular complexity index is 1270. The number of amides is 1. The number of hydrogen-bond acceptors (Lipinski definition) is 4. The predicted molar refractivity (Wildman–Crippen MR) is 122 cm³/mol. The van der Waals surface area contributed by atoms with Gasteiger partial charge in [-0.25, -0.2) is 8.42 Å². The molecule has 0 atom stereocenters. The zero-order chi connectivity index (χ0) is 22.3. The minimum atomic E-state index is -3.94. The molecule has 1 N–H and O–H groups in total. The van der Waals surface area contributed by atoms with E-state index in [1.807, 2.05) is 39.0 Å². The molecular weight excluding hydrogens is 412 g/mol. The van der Waals surface area contributed by atoms with E-state index in [0.717, 1.165) is 24.0 Å². The maximum atomic E-state index is 13.5. The molecule has 0 spiro atoms. The van der Waals surface area contributed by atoms with Crippen LogP contribution in [0.25, 0.3) is 11.0 Å². The van der Waals surface area contributed by atoms with E-state index in [1.54, 1.807) is 24.0 Å². The summed E-state index contributed by atoms with van der Waals surface area (Å²) in [4.78, 5) is 14.9. The molecule has 1 amide bonds. The van der Waals surface area contributed by atoms with Crippen LogP contribution in [0.4, 0.5) is 5.69 Å². The van der Waals surface area contributed by atoms with E-state index in [-0.39, 0.29) is 22.1 Å². The monoisotopic (exact) mass is 440 g/mol. The number of hydrogen-bond donors (Lipinski definition) is 1. The second-order valence-corrected chi connectivity index (χ2v) is 9.82. The molecule has 0 aliphatic carbocycles. The van der Waals surface area contributed by atoms with Crippen molar-refractivity contribution in [3.8, 4) is 0 Å². The molecule has 1 aromatic heterocycles. The van der Waals surface area contributed by atoms with E-state index in [0.29, 0.717) is 41.7 Å². The third-order valence-corrected chi connectivity index (χ3v) is 7.71. The summed E-state index contributed by atoms with van der Waals surface area (Å²) in [6.07, 6.45) is 2.66. The molecule has 1 aliphatic rings. The molecule has 6 nitrogen and oxygen atoms in total. The summed E-state index contributed by atoms with van der Waals surface area (Å²) >= 11 is 0. The fraction of sp³-hybridized carbons (Fsp3) is 0.375. The lowest BCUT2D eigenvalue weighted by Gasteiger charge is -2.15. The van der Waals surface area contributed by atoms with Gasteiger partial charge in [-0.3, -0.25) is 9.52 Å². The third-order valence-electron chi connectivity index (χ3n) is 6.19. The molecule has 31 heavy (non-hydrogen) atoms. The standard InChI is InChI=1S/C24H28N2O4S/c1-5-18-10-6-7-11-20(18)25-31(28,29)23-16(3)15(2)14-19-17(4)21(30-22(19)23)24(27)26-12-8-9-13-26/h6-7,10-11,14,25H,5,8-9,12-13H2,1-4H3. The summed E-state index contributed by atoms with van der Waals surface area (Å²) in [7, 11) is -3.94. The van der Waals surface area contributed by atoms with Gasteiger partial charge in [0.2, 0.25) is 0 Å². The number of carbonyl (C=O) groups is 1. The lowest BCUT2D eigenvalue weighted by molar-refractivity contribution is 0.0762. The van der Waals surface area contributed by atoms with Crippen LogP contribution in [0.5, 0.6) is 0 Å². The Kier molecular flexibility index (Phi) is 5.56. The maximum Gasteiger partial charge on any atom is 0.289 e. The van der Waals surface area contributed by atoms with Gasteiger partial charge in [0, 0.05) is 24.0 Å². The first-order chi connectivity index (χ1) is 14.7. The van der Waals surface area contributed by atoms with Gasteiger partial charge in [0.05, 0.1) is 5.69 Å². The van der Waals surface area contributed by atoms with Crippen molar-refractivity contribution in [2.45, 2.75) is 51.9 Å². The number of furan rings is 1. The number of fused-ring (bicyclic) bond motifs is 1. The number of nitrogens with one attached hydrogen (secondary N) is 1. The summed E-state index contributed by atoms with van der Waals surface area (Å²) in [6.45, 7) is 8.86. The molecule has 2 aromatic carbocycles. The number of likely N-dealkylation sites (tertiary alicyclic amines) is 1. The van der Waals surface area contributed by atoms with E-state index in [4.69, 9.17) is 4.42 Å². The Labute approximate surface area is 183 Å². The zero-order valence-electron chi connectivity index (χ0n) is 18.4. The largest absolute Gasteiger partial charge is 0.449 e. The van der Waals surface area contributed by atoms with Crippen molar-refractivity contribution in [1.29, 1.82) is 0 Å². The molecule has 164 valence electrons. The van der Waals surface area contributed by atoms with Crippen LogP contribution < -0.4 is 4.72 Å². The Balaban J connectivity index is 1.87. The minimum Gasteiger partial charge on any atom is -0.449 e. The van der Waals surface area contributed by atoms with Crippen LogP contribution >= 0.6 is 0 Å². The van der Waals surface area contributed by atoms with Crippen LogP contribution in [0.2, 0.25) is 0 Å². The van der Waals surface area contributed by atoms with Gasteiger partial charge in [-0.1, -0.05) is 25.1 Å². The normalized spacial score (nSPS) is 14.4. The van der Waals surface area contributed by atoms with E-state index in [9.17, 15) is 13.2 Å². The van der Waals surface area contributed by atoms with Crippen molar-refractivity contribution in [3.05, 3.63) is 58.3 Å². The summed E-state index contributed by atoms with van der Waals surface area (Å²) < 4.78 is 35.8. The van der Waals surface area contributed by atoms with E-state index in [2.05, 4.69) is 4.72 Å². The fourth-order valence-corrected chi connectivity index (χ4v) is 5.81. The van der Waals surface area contributed by atoms with Crippen molar-refractivity contribution in [1.82, 2.24) is 4.90 Å². The SMILES string of the molecule is CCc1ccccc1NS(=O)(=O)c1c(C)c(C)cc2c(C)c(C(=O)N3CCCC3)oc12. The molecular formula is C24H28N2O4S. The first-order valence-electron chi connectivity index (χ1n) is 10.7. The van der Waals surface area contributed by atoms with Gasteiger partial charge in [0.1, 0.15) is 4.90 Å². The fourth-order valence-electron chi connectivity index (χ4n) is 4.26. The first-order valence-corrected chi connectivity index (χ1v) is 12.2. The molecule has 0 saturated carbocycles. The van der Waals surface area contributed by atoms with Gasteiger partial charge in [0.15, 0.2) is 11.3 Å². The highest BCUT2D eigenvalue weighted by Crippen LogP contribution is 2.36. The summed E-state index contributed by atoms with van der Waals surface area (Å²) in [5.74, 6) is 0.0569. The quantitative estimate of drug-likeness (QED) is 0.608. The highest BCUT2D eigenvalue weighted by molar-refractivity contribution is 7.93. The molecule has 1 saturated heterocycles. The molecule has 1 fully saturated rings. The molecule has 4 rings (SSSR count). The predicted octanol–water partition coefficient (Wildman–Crippen LogP) is 4.96. The van der Waals surface area contributed by atoms with Crippen molar-refractivity contribution in [3.63, 3.8) is 0 Å². The summed E-state index contributed by atoms with van der Waals surface area (Å²) in [5, 5.41) is 0.662. The second-order valence-electron chi connectivity index (χ2n) is 8.20. The summed E-state index contributed by atoms with van der Waals surface area (Å²) in [5.41, 5.74) is 3.83. The molecule has 0 unspecified atom stereocenters. The highest BCUT2D eigenvalue weighted by atomic mass is 32.2. The van der Waals surface area contributed by atoms with E-state index >= 15 is 0 Å². The third kappa shape index (κ3) is 3.71. The lowest BCUT2D eigenvalue weighted by Crippen LogP contribution is -2.27. The molecule has 2 heterocycles. The Hall–Kier alpha value is -2.80. The zero-order valence-corrected chi connectivity index (χ0v) is 19.2. The number of benzene rings is 2. The van der Waals surface area contributed by atoms with Gasteiger partial charge in [-0.05, 0) is 68.9 Å². The maximum absolute atomic E-state index is 13.5. The first kappa shape index (κ1) is 21.4. The average Bonchev–Trinajstić information content (AvgIpc) is 3.37. The van der Waals surface area contributed by atoms with Gasteiger partial charge >= 0.3 is 0 Å². The molecule has 0 radical (unpaired) electrons. The second kappa shape index (κ2) is 8.04. The summed E-state index contributed by atoms with van der Waals surface area (Å²) in [6, 6.07) is 9.26.